The maximum atomic E-state index is 13.7. The molecule has 0 heterocycles. The smallest absolute Gasteiger partial charge is 0.265 e. The number of alkyl halides is 1. The van der Waals surface area contributed by atoms with Gasteiger partial charge in [-0.1, -0.05) is 67.5 Å². The van der Waals surface area contributed by atoms with Gasteiger partial charge >= 0.3 is 0 Å². The topological polar surface area (TPSA) is 87.7 Å². The molecule has 6 nitrogen and oxygen atoms in total. The number of aromatic hydroxyl groups is 1. The summed E-state index contributed by atoms with van der Waals surface area (Å²) in [5, 5.41) is 15.4. The number of rotatable bonds is 13. The van der Waals surface area contributed by atoms with Gasteiger partial charge < -0.3 is 20.5 Å². The van der Waals surface area contributed by atoms with Gasteiger partial charge in [0.1, 0.15) is 17.7 Å². The van der Waals surface area contributed by atoms with Crippen molar-refractivity contribution in [1.29, 1.82) is 0 Å². The van der Waals surface area contributed by atoms with Gasteiger partial charge in [0.2, 0.25) is 5.91 Å². The van der Waals surface area contributed by atoms with E-state index in [-0.39, 0.29) is 40.8 Å². The highest BCUT2D eigenvalue weighted by atomic mass is 19.1. The molecule has 0 saturated heterocycles. The summed E-state index contributed by atoms with van der Waals surface area (Å²) in [5.41, 5.74) is 2.60. The van der Waals surface area contributed by atoms with Crippen LogP contribution in [0.25, 0.3) is 0 Å². The zero-order valence-corrected chi connectivity index (χ0v) is 24.2. The van der Waals surface area contributed by atoms with Crippen LogP contribution in [-0.4, -0.2) is 29.2 Å². The zero-order chi connectivity index (χ0) is 28.7. The SMILES string of the molecule is CCC(F)CC(=O)Nc1ccc(O)cc1NC(=O)C(CC)Oc1ccc(C(C)(C)CC)cc1C(C)(C)CC. The molecule has 2 rings (SSSR count). The van der Waals surface area contributed by atoms with Crippen LogP contribution in [0.15, 0.2) is 36.4 Å². The third kappa shape index (κ3) is 7.95. The molecule has 3 N–H and O–H groups in total. The molecule has 0 aliphatic rings. The van der Waals surface area contributed by atoms with Crippen LogP contribution in [-0.2, 0) is 20.4 Å². The fraction of sp³-hybridized carbons (Fsp3) is 0.548. The van der Waals surface area contributed by atoms with Gasteiger partial charge in [-0.05, 0) is 60.3 Å². The largest absolute Gasteiger partial charge is 0.508 e. The lowest BCUT2D eigenvalue weighted by Crippen LogP contribution is -2.34. The fourth-order valence-electron chi connectivity index (χ4n) is 3.96. The van der Waals surface area contributed by atoms with E-state index in [0.717, 1.165) is 18.4 Å². The van der Waals surface area contributed by atoms with Crippen LogP contribution < -0.4 is 15.4 Å². The average molecular weight is 529 g/mol. The Morgan fingerprint density at radius 1 is 0.895 bits per heavy atom. The number of phenols is 1. The predicted octanol–water partition coefficient (Wildman–Crippen LogP) is 7.64. The second kappa shape index (κ2) is 13.1. The van der Waals surface area contributed by atoms with E-state index in [1.165, 1.54) is 23.8 Å². The number of phenolic OH excluding ortho intramolecular Hbond substituents is 1. The van der Waals surface area contributed by atoms with Gasteiger partial charge in [0.25, 0.3) is 5.91 Å². The quantitative estimate of drug-likeness (QED) is 0.233. The number of nitrogens with one attached hydrogen (secondary N) is 2. The number of benzene rings is 2. The lowest BCUT2D eigenvalue weighted by molar-refractivity contribution is -0.123. The molecule has 2 amide bonds. The van der Waals surface area contributed by atoms with E-state index in [9.17, 15) is 19.1 Å². The number of carbonyl (C=O) groups is 2. The van der Waals surface area contributed by atoms with Crippen molar-refractivity contribution in [2.45, 2.75) is 111 Å². The summed E-state index contributed by atoms with van der Waals surface area (Å²) >= 11 is 0. The van der Waals surface area contributed by atoms with Crippen molar-refractivity contribution in [2.24, 2.45) is 0 Å². The van der Waals surface area contributed by atoms with Gasteiger partial charge in [-0.2, -0.15) is 0 Å². The number of carbonyl (C=O) groups excluding carboxylic acids is 2. The van der Waals surface area contributed by atoms with Gasteiger partial charge in [0.05, 0.1) is 17.8 Å². The van der Waals surface area contributed by atoms with Crippen molar-refractivity contribution in [3.05, 3.63) is 47.5 Å². The lowest BCUT2D eigenvalue weighted by atomic mass is 9.76. The van der Waals surface area contributed by atoms with Crippen LogP contribution in [0.2, 0.25) is 0 Å². The predicted molar refractivity (Wildman–Crippen MR) is 153 cm³/mol. The third-order valence-electron chi connectivity index (χ3n) is 7.58. The standard InChI is InChI=1S/C31H45FN2O4/c1-9-21(32)18-28(36)33-24-15-14-22(35)19-25(24)34-29(37)26(10-2)38-27-16-13-20(30(5,6)11-3)17-23(27)31(7,8)12-4/h13-17,19,21,26,35H,9-12,18H2,1-8H3,(H,33,36)(H,34,37). The minimum Gasteiger partial charge on any atom is -0.508 e. The summed E-state index contributed by atoms with van der Waals surface area (Å²) in [6.07, 6.45) is 0.174. The Bertz CT molecular complexity index is 1110. The Labute approximate surface area is 227 Å². The Morgan fingerprint density at radius 3 is 2.13 bits per heavy atom. The first-order valence-corrected chi connectivity index (χ1v) is 13.7. The summed E-state index contributed by atoms with van der Waals surface area (Å²) in [4.78, 5) is 25.6. The van der Waals surface area contributed by atoms with E-state index in [0.29, 0.717) is 12.2 Å². The molecule has 2 aromatic carbocycles. The highest BCUT2D eigenvalue weighted by Crippen LogP contribution is 2.39. The summed E-state index contributed by atoms with van der Waals surface area (Å²) in [5.74, 6) is -0.341. The Kier molecular flexibility index (Phi) is 10.7. The van der Waals surface area contributed by atoms with Crippen molar-refractivity contribution >= 4 is 23.2 Å². The molecule has 0 radical (unpaired) electrons. The molecule has 0 fully saturated rings. The monoisotopic (exact) mass is 528 g/mol. The van der Waals surface area contributed by atoms with Crippen LogP contribution in [0.3, 0.4) is 0 Å². The van der Waals surface area contributed by atoms with Crippen molar-refractivity contribution in [3.63, 3.8) is 0 Å². The molecule has 38 heavy (non-hydrogen) atoms. The second-order valence-electron chi connectivity index (χ2n) is 11.2. The van der Waals surface area contributed by atoms with E-state index < -0.39 is 24.1 Å². The molecule has 7 heteroatoms. The summed E-state index contributed by atoms with van der Waals surface area (Å²) < 4.78 is 20.0. The second-order valence-corrected chi connectivity index (χ2v) is 11.2. The highest BCUT2D eigenvalue weighted by molar-refractivity contribution is 6.01. The van der Waals surface area contributed by atoms with Crippen molar-refractivity contribution in [1.82, 2.24) is 0 Å². The van der Waals surface area contributed by atoms with Crippen molar-refractivity contribution < 1.29 is 23.8 Å². The molecular formula is C31H45FN2O4. The molecular weight excluding hydrogens is 483 g/mol. The van der Waals surface area contributed by atoms with E-state index in [4.69, 9.17) is 4.74 Å². The molecule has 0 aromatic heterocycles. The van der Waals surface area contributed by atoms with Crippen LogP contribution in [0.4, 0.5) is 15.8 Å². The highest BCUT2D eigenvalue weighted by Gasteiger charge is 2.29. The van der Waals surface area contributed by atoms with E-state index in [2.05, 4.69) is 64.3 Å². The first kappa shape index (κ1) is 31.1. The van der Waals surface area contributed by atoms with Gasteiger partial charge in [-0.15, -0.1) is 0 Å². The third-order valence-corrected chi connectivity index (χ3v) is 7.58. The molecule has 210 valence electrons. The van der Waals surface area contributed by atoms with E-state index in [1.807, 2.05) is 13.0 Å². The van der Waals surface area contributed by atoms with E-state index >= 15 is 0 Å². The van der Waals surface area contributed by atoms with Gasteiger partial charge in [-0.25, -0.2) is 4.39 Å². The zero-order valence-electron chi connectivity index (χ0n) is 24.2. The molecule has 0 bridgehead atoms. The maximum absolute atomic E-state index is 13.7. The number of hydrogen-bond donors (Lipinski definition) is 3. The van der Waals surface area contributed by atoms with Crippen molar-refractivity contribution in [2.75, 3.05) is 10.6 Å². The minimum absolute atomic E-state index is 0.00801. The Morgan fingerprint density at radius 2 is 1.55 bits per heavy atom. The molecule has 2 atom stereocenters. The van der Waals surface area contributed by atoms with Crippen LogP contribution in [0.5, 0.6) is 11.5 Å². The normalized spacial score (nSPS) is 13.5. The van der Waals surface area contributed by atoms with E-state index in [1.54, 1.807) is 6.92 Å². The molecule has 0 saturated carbocycles. The number of halogens is 1. The van der Waals surface area contributed by atoms with Crippen LogP contribution >= 0.6 is 0 Å². The number of ether oxygens (including phenoxy) is 1. The van der Waals surface area contributed by atoms with Gasteiger partial charge in [0.15, 0.2) is 6.10 Å². The molecule has 0 aliphatic carbocycles. The lowest BCUT2D eigenvalue weighted by Gasteiger charge is -2.31. The minimum atomic E-state index is -1.25. The van der Waals surface area contributed by atoms with Crippen LogP contribution in [0, 0.1) is 0 Å². The van der Waals surface area contributed by atoms with Crippen LogP contribution in [0.1, 0.15) is 98.6 Å². The molecule has 2 unspecified atom stereocenters. The first-order chi connectivity index (χ1) is 17.8. The molecule has 0 aliphatic heterocycles. The average Bonchev–Trinajstić information content (AvgIpc) is 2.88. The van der Waals surface area contributed by atoms with Gasteiger partial charge in [0, 0.05) is 11.6 Å². The summed E-state index contributed by atoms with van der Waals surface area (Å²) in [6, 6.07) is 10.4. The number of hydrogen-bond acceptors (Lipinski definition) is 4. The van der Waals surface area contributed by atoms with Gasteiger partial charge in [-0.3, -0.25) is 9.59 Å². The Hall–Kier alpha value is -3.09. The molecule has 2 aromatic rings. The summed E-state index contributed by atoms with van der Waals surface area (Å²) in [7, 11) is 0. The molecule has 0 spiro atoms. The number of amides is 2. The van der Waals surface area contributed by atoms with Crippen molar-refractivity contribution in [3.8, 4) is 11.5 Å². The summed E-state index contributed by atoms with van der Waals surface area (Å²) in [6.45, 7) is 16.6. The Balaban J connectivity index is 2.34. The number of anilines is 2. The maximum Gasteiger partial charge on any atom is 0.265 e. The first-order valence-electron chi connectivity index (χ1n) is 13.7. The fourth-order valence-corrected chi connectivity index (χ4v) is 3.96.